The highest BCUT2D eigenvalue weighted by atomic mass is 32.2. The maximum absolute atomic E-state index is 9.52. The molecule has 14 heavy (non-hydrogen) atoms. The van der Waals surface area contributed by atoms with Crippen LogP contribution in [0, 0.1) is 0 Å². The van der Waals surface area contributed by atoms with E-state index in [-0.39, 0.29) is 0 Å². The van der Waals surface area contributed by atoms with E-state index in [1.54, 1.807) is 0 Å². The fourth-order valence-corrected chi connectivity index (χ4v) is 2.29. The van der Waals surface area contributed by atoms with Crippen LogP contribution >= 0.6 is 11.8 Å². The van der Waals surface area contributed by atoms with E-state index >= 15 is 0 Å². The molecule has 5 atom stereocenters. The molecule has 1 heterocycles. The molecule has 0 aromatic carbocycles. The first-order valence-corrected chi connectivity index (χ1v) is 5.32. The van der Waals surface area contributed by atoms with Gasteiger partial charge in [0.2, 0.25) is 0 Å². The van der Waals surface area contributed by atoms with E-state index in [1.165, 1.54) is 11.8 Å². The second-order valence-electron chi connectivity index (χ2n) is 3.17. The summed E-state index contributed by atoms with van der Waals surface area (Å²) >= 11 is 1.25. The van der Waals surface area contributed by atoms with Gasteiger partial charge in [-0.15, -0.1) is 11.8 Å². The molecule has 0 bridgehead atoms. The van der Waals surface area contributed by atoms with Crippen LogP contribution in [0.2, 0.25) is 0 Å². The van der Waals surface area contributed by atoms with Gasteiger partial charge in [-0.05, 0) is 0 Å². The molecule has 0 aromatic rings. The fraction of sp³-hybridized carbons (Fsp3) is 1.00. The summed E-state index contributed by atoms with van der Waals surface area (Å²) in [5.41, 5.74) is 0. The largest absolute Gasteiger partial charge is 0.394 e. The van der Waals surface area contributed by atoms with Crippen molar-refractivity contribution in [2.24, 2.45) is 0 Å². The van der Waals surface area contributed by atoms with Gasteiger partial charge in [0.15, 0.2) is 0 Å². The molecule has 7 heteroatoms. The second-order valence-corrected chi connectivity index (χ2v) is 4.34. The summed E-state index contributed by atoms with van der Waals surface area (Å²) in [6, 6.07) is 0. The number of aliphatic hydroxyl groups is 5. The third kappa shape index (κ3) is 2.80. The number of thioether (sulfide) groups is 1. The van der Waals surface area contributed by atoms with Gasteiger partial charge in [-0.3, -0.25) is 5.32 Å². The van der Waals surface area contributed by atoms with Gasteiger partial charge in [0.25, 0.3) is 0 Å². The first-order chi connectivity index (χ1) is 6.56. The Kier molecular flexibility index (Phi) is 4.58. The van der Waals surface area contributed by atoms with Crippen LogP contribution in [0.4, 0.5) is 0 Å². The molecule has 1 aliphatic rings. The Morgan fingerprint density at radius 1 is 1.36 bits per heavy atom. The van der Waals surface area contributed by atoms with Crippen LogP contribution in [0.1, 0.15) is 0 Å². The maximum atomic E-state index is 9.52. The summed E-state index contributed by atoms with van der Waals surface area (Å²) in [6.45, 7) is -0.613. The summed E-state index contributed by atoms with van der Waals surface area (Å²) in [6.07, 6.45) is -4.72. The van der Waals surface area contributed by atoms with Crippen LogP contribution < -0.4 is 5.32 Å². The van der Waals surface area contributed by atoms with E-state index in [1.807, 2.05) is 0 Å². The average Bonchev–Trinajstić information content (AvgIpc) is 2.61. The molecule has 0 radical (unpaired) electrons. The molecule has 0 saturated carbocycles. The number of hydrogen-bond donors (Lipinski definition) is 6. The Hall–Kier alpha value is 0.110. The molecule has 84 valence electrons. The SMILES string of the molecule is OC[C@@H](O)[C@@H](O)[C@@H](O)C1N[C@H](O)CS1. The zero-order valence-corrected chi connectivity index (χ0v) is 8.26. The van der Waals surface area contributed by atoms with Crippen LogP contribution in [0.25, 0.3) is 0 Å². The van der Waals surface area contributed by atoms with Gasteiger partial charge in [0.05, 0.1) is 12.0 Å². The molecule has 0 spiro atoms. The van der Waals surface area contributed by atoms with Crippen molar-refractivity contribution < 1.29 is 25.5 Å². The van der Waals surface area contributed by atoms with Crippen molar-refractivity contribution in [2.75, 3.05) is 12.4 Å². The first kappa shape index (κ1) is 12.2. The summed E-state index contributed by atoms with van der Waals surface area (Å²) in [7, 11) is 0. The Labute approximate surface area is 85.6 Å². The van der Waals surface area contributed by atoms with Crippen molar-refractivity contribution in [2.45, 2.75) is 29.9 Å². The van der Waals surface area contributed by atoms with E-state index < -0.39 is 36.5 Å². The molecule has 0 aromatic heterocycles. The van der Waals surface area contributed by atoms with Gasteiger partial charge in [-0.25, -0.2) is 0 Å². The third-order valence-corrected chi connectivity index (χ3v) is 3.31. The topological polar surface area (TPSA) is 113 Å². The highest BCUT2D eigenvalue weighted by molar-refractivity contribution is 8.00. The molecule has 6 N–H and O–H groups in total. The minimum Gasteiger partial charge on any atom is -0.394 e. The predicted molar refractivity (Wildman–Crippen MR) is 50.5 cm³/mol. The van der Waals surface area contributed by atoms with Crippen molar-refractivity contribution in [1.29, 1.82) is 0 Å². The van der Waals surface area contributed by atoms with Crippen molar-refractivity contribution in [1.82, 2.24) is 5.32 Å². The van der Waals surface area contributed by atoms with E-state index in [9.17, 15) is 10.2 Å². The van der Waals surface area contributed by atoms with Crippen molar-refractivity contribution in [3.63, 3.8) is 0 Å². The zero-order valence-electron chi connectivity index (χ0n) is 7.45. The lowest BCUT2D eigenvalue weighted by molar-refractivity contribution is -0.0800. The van der Waals surface area contributed by atoms with E-state index in [0.717, 1.165) is 0 Å². The first-order valence-electron chi connectivity index (χ1n) is 4.27. The molecule has 1 unspecified atom stereocenters. The fourth-order valence-electron chi connectivity index (χ4n) is 1.19. The smallest absolute Gasteiger partial charge is 0.115 e. The van der Waals surface area contributed by atoms with Gasteiger partial charge >= 0.3 is 0 Å². The zero-order chi connectivity index (χ0) is 10.7. The van der Waals surface area contributed by atoms with E-state index in [4.69, 9.17) is 15.3 Å². The standard InChI is InChI=1S/C7H15NO5S/c9-1-3(10)5(12)6(13)7-8-4(11)2-14-7/h3-13H,1-2H2/t3-,4-,5-,6-,7?/m1/s1. The lowest BCUT2D eigenvalue weighted by atomic mass is 10.1. The van der Waals surface area contributed by atoms with Gasteiger partial charge in [-0.2, -0.15) is 0 Å². The van der Waals surface area contributed by atoms with Crippen LogP contribution in [0.15, 0.2) is 0 Å². The summed E-state index contributed by atoms with van der Waals surface area (Å²) in [5, 5.41) is 47.7. The molecule has 1 saturated heterocycles. The Morgan fingerprint density at radius 2 is 2.00 bits per heavy atom. The lowest BCUT2D eigenvalue weighted by Crippen LogP contribution is -2.49. The quantitative estimate of drug-likeness (QED) is 0.303. The van der Waals surface area contributed by atoms with Gasteiger partial charge in [0.1, 0.15) is 24.5 Å². The van der Waals surface area contributed by atoms with Crippen molar-refractivity contribution in [3.05, 3.63) is 0 Å². The normalized spacial score (nSPS) is 34.1. The molecular formula is C7H15NO5S. The minimum absolute atomic E-state index is 0.420. The molecule has 6 nitrogen and oxygen atoms in total. The van der Waals surface area contributed by atoms with Gasteiger partial charge in [-0.1, -0.05) is 0 Å². The molecule has 1 rings (SSSR count). The highest BCUT2D eigenvalue weighted by Crippen LogP contribution is 2.22. The molecule has 1 fully saturated rings. The summed E-state index contributed by atoms with van der Waals surface area (Å²) < 4.78 is 0. The average molecular weight is 225 g/mol. The second kappa shape index (κ2) is 5.26. The number of nitrogens with one attached hydrogen (secondary N) is 1. The number of hydrogen-bond acceptors (Lipinski definition) is 7. The number of aliphatic hydroxyl groups excluding tert-OH is 5. The van der Waals surface area contributed by atoms with Crippen LogP contribution in [-0.4, -0.2) is 67.8 Å². The Bertz CT molecular complexity index is 181. The van der Waals surface area contributed by atoms with E-state index in [0.29, 0.717) is 5.75 Å². The monoisotopic (exact) mass is 225 g/mol. The van der Waals surface area contributed by atoms with E-state index in [2.05, 4.69) is 5.32 Å². The van der Waals surface area contributed by atoms with Crippen molar-refractivity contribution in [3.8, 4) is 0 Å². The summed E-state index contributed by atoms with van der Waals surface area (Å²) in [4.78, 5) is 0. The summed E-state index contributed by atoms with van der Waals surface area (Å²) in [5.74, 6) is 0.420. The molecular weight excluding hydrogens is 210 g/mol. The molecule has 1 aliphatic heterocycles. The third-order valence-electron chi connectivity index (χ3n) is 2.03. The Balaban J connectivity index is 2.43. The maximum Gasteiger partial charge on any atom is 0.115 e. The molecule has 0 amide bonds. The molecule has 0 aliphatic carbocycles. The van der Waals surface area contributed by atoms with Gasteiger partial charge in [0, 0.05) is 5.75 Å². The van der Waals surface area contributed by atoms with Crippen LogP contribution in [0.3, 0.4) is 0 Å². The lowest BCUT2D eigenvalue weighted by Gasteiger charge is -2.25. The van der Waals surface area contributed by atoms with Crippen LogP contribution in [-0.2, 0) is 0 Å². The Morgan fingerprint density at radius 3 is 2.43 bits per heavy atom. The van der Waals surface area contributed by atoms with Gasteiger partial charge < -0.3 is 25.5 Å². The predicted octanol–water partition coefficient (Wildman–Crippen LogP) is -2.96. The highest BCUT2D eigenvalue weighted by Gasteiger charge is 2.35. The van der Waals surface area contributed by atoms with Crippen molar-refractivity contribution >= 4 is 11.8 Å². The number of rotatable bonds is 4. The van der Waals surface area contributed by atoms with Crippen LogP contribution in [0.5, 0.6) is 0 Å². The minimum atomic E-state index is -1.42.